The molecule has 0 aliphatic heterocycles. The first kappa shape index (κ1) is 18.1. The number of halogens is 1. The summed E-state index contributed by atoms with van der Waals surface area (Å²) < 4.78 is 25.3. The zero-order valence-corrected chi connectivity index (χ0v) is 15.1. The van der Waals surface area contributed by atoms with Crippen LogP contribution in [0, 0.1) is 0 Å². The maximum atomic E-state index is 12.5. The molecular weight excluding hydrogens is 336 g/mol. The summed E-state index contributed by atoms with van der Waals surface area (Å²) in [4.78, 5) is 14.2. The molecule has 0 aromatic heterocycles. The lowest BCUT2D eigenvalue weighted by Crippen LogP contribution is -2.45. The van der Waals surface area contributed by atoms with Crippen molar-refractivity contribution in [3.05, 3.63) is 29.3 Å². The van der Waals surface area contributed by atoms with E-state index in [4.69, 9.17) is 11.6 Å². The monoisotopic (exact) mass is 358 g/mol. The van der Waals surface area contributed by atoms with Gasteiger partial charge >= 0.3 is 0 Å². The molecule has 0 unspecified atom stereocenters. The van der Waals surface area contributed by atoms with Crippen molar-refractivity contribution < 1.29 is 13.2 Å². The highest BCUT2D eigenvalue weighted by molar-refractivity contribution is 7.92. The van der Waals surface area contributed by atoms with Gasteiger partial charge in [0.2, 0.25) is 15.9 Å². The van der Waals surface area contributed by atoms with Crippen LogP contribution in [0.15, 0.2) is 24.3 Å². The molecule has 0 radical (unpaired) electrons. The van der Waals surface area contributed by atoms with Crippen LogP contribution in [-0.2, 0) is 14.8 Å². The van der Waals surface area contributed by atoms with Gasteiger partial charge in [-0.1, -0.05) is 30.9 Å². The molecule has 1 aromatic carbocycles. The second-order valence-electron chi connectivity index (χ2n) is 6.04. The van der Waals surface area contributed by atoms with Gasteiger partial charge in [-0.2, -0.15) is 0 Å². The topological polar surface area (TPSA) is 57.7 Å². The second kappa shape index (κ2) is 7.53. The molecule has 2 rings (SSSR count). The molecule has 0 spiro atoms. The Morgan fingerprint density at radius 1 is 1.17 bits per heavy atom. The van der Waals surface area contributed by atoms with Crippen LogP contribution in [0.5, 0.6) is 0 Å². The van der Waals surface area contributed by atoms with Crippen molar-refractivity contribution in [3.63, 3.8) is 0 Å². The van der Waals surface area contributed by atoms with Gasteiger partial charge in [0.25, 0.3) is 0 Å². The van der Waals surface area contributed by atoms with Gasteiger partial charge in [-0.05, 0) is 37.1 Å². The number of amides is 1. The van der Waals surface area contributed by atoms with Crippen LogP contribution in [0.25, 0.3) is 0 Å². The molecule has 0 bridgehead atoms. The van der Waals surface area contributed by atoms with E-state index in [9.17, 15) is 13.2 Å². The molecule has 1 amide bonds. The lowest BCUT2D eigenvalue weighted by atomic mass is 9.94. The third-order valence-electron chi connectivity index (χ3n) is 4.31. The molecule has 1 aromatic rings. The van der Waals surface area contributed by atoms with Crippen molar-refractivity contribution in [1.82, 2.24) is 4.90 Å². The van der Waals surface area contributed by atoms with Gasteiger partial charge in [0.05, 0.1) is 11.9 Å². The highest BCUT2D eigenvalue weighted by atomic mass is 35.5. The van der Waals surface area contributed by atoms with E-state index in [0.717, 1.165) is 36.2 Å². The fraction of sp³-hybridized carbons (Fsp3) is 0.562. The lowest BCUT2D eigenvalue weighted by Gasteiger charge is -2.33. The van der Waals surface area contributed by atoms with Crippen LogP contribution >= 0.6 is 11.6 Å². The third kappa shape index (κ3) is 4.85. The van der Waals surface area contributed by atoms with E-state index >= 15 is 0 Å². The van der Waals surface area contributed by atoms with E-state index in [1.54, 1.807) is 36.2 Å². The van der Waals surface area contributed by atoms with E-state index < -0.39 is 10.0 Å². The van der Waals surface area contributed by atoms with E-state index in [2.05, 4.69) is 0 Å². The number of sulfonamides is 1. The summed E-state index contributed by atoms with van der Waals surface area (Å²) >= 11 is 5.85. The van der Waals surface area contributed by atoms with E-state index in [0.29, 0.717) is 10.7 Å². The van der Waals surface area contributed by atoms with Gasteiger partial charge in [-0.3, -0.25) is 9.10 Å². The highest BCUT2D eigenvalue weighted by Crippen LogP contribution is 2.23. The average Bonchev–Trinajstić information content (AvgIpc) is 2.52. The Hall–Kier alpha value is -1.27. The van der Waals surface area contributed by atoms with Crippen molar-refractivity contribution in [2.24, 2.45) is 0 Å². The van der Waals surface area contributed by atoms with Crippen LogP contribution in [-0.4, -0.2) is 45.1 Å². The van der Waals surface area contributed by atoms with Gasteiger partial charge in [-0.25, -0.2) is 8.42 Å². The Kier molecular flexibility index (Phi) is 5.92. The molecule has 23 heavy (non-hydrogen) atoms. The first-order valence-electron chi connectivity index (χ1n) is 7.78. The van der Waals surface area contributed by atoms with E-state index in [1.807, 2.05) is 0 Å². The number of rotatable bonds is 5. The SMILES string of the molecule is CN(C(=O)CN(c1ccc(Cl)cc1)S(C)(=O)=O)C1CCCCC1. The fourth-order valence-electron chi connectivity index (χ4n) is 2.91. The molecule has 0 saturated heterocycles. The van der Waals surface area contributed by atoms with E-state index in [-0.39, 0.29) is 18.5 Å². The number of likely N-dealkylation sites (N-methyl/N-ethyl adjacent to an activating group) is 1. The molecule has 128 valence electrons. The van der Waals surface area contributed by atoms with Gasteiger partial charge in [0, 0.05) is 18.1 Å². The van der Waals surface area contributed by atoms with E-state index in [1.165, 1.54) is 6.42 Å². The van der Waals surface area contributed by atoms with Crippen molar-refractivity contribution in [2.45, 2.75) is 38.1 Å². The fourth-order valence-corrected chi connectivity index (χ4v) is 3.89. The van der Waals surface area contributed by atoms with Gasteiger partial charge in [0.15, 0.2) is 0 Å². The molecule has 1 fully saturated rings. The number of hydrogen-bond donors (Lipinski definition) is 0. The summed E-state index contributed by atoms with van der Waals surface area (Å²) in [6.07, 6.45) is 6.53. The Balaban J connectivity index is 2.14. The summed E-state index contributed by atoms with van der Waals surface area (Å²) in [6, 6.07) is 6.66. The first-order valence-corrected chi connectivity index (χ1v) is 10.0. The van der Waals surface area contributed by atoms with Crippen LogP contribution in [0.4, 0.5) is 5.69 Å². The minimum atomic E-state index is -3.55. The molecular formula is C16H23ClN2O3S. The number of carbonyl (C=O) groups is 1. The summed E-state index contributed by atoms with van der Waals surface area (Å²) in [5.74, 6) is -0.183. The number of hydrogen-bond acceptors (Lipinski definition) is 3. The predicted molar refractivity (Wildman–Crippen MR) is 93.3 cm³/mol. The Labute approximate surface area is 143 Å². The standard InChI is InChI=1S/C16H23ClN2O3S/c1-18(14-6-4-3-5-7-14)16(20)12-19(23(2,21)22)15-10-8-13(17)9-11-15/h8-11,14H,3-7,12H2,1-2H3. The van der Waals surface area contributed by atoms with Crippen LogP contribution in [0.2, 0.25) is 5.02 Å². The van der Waals surface area contributed by atoms with Crippen molar-refractivity contribution in [1.29, 1.82) is 0 Å². The second-order valence-corrected chi connectivity index (χ2v) is 8.39. The van der Waals surface area contributed by atoms with Crippen molar-refractivity contribution >= 4 is 33.2 Å². The largest absolute Gasteiger partial charge is 0.341 e. The molecule has 1 saturated carbocycles. The van der Waals surface area contributed by atoms with Crippen LogP contribution in [0.1, 0.15) is 32.1 Å². The summed E-state index contributed by atoms with van der Waals surface area (Å²) in [6.45, 7) is -0.187. The molecule has 0 heterocycles. The third-order valence-corrected chi connectivity index (χ3v) is 5.70. The molecule has 7 heteroatoms. The number of nitrogens with zero attached hydrogens (tertiary/aromatic N) is 2. The van der Waals surface area contributed by atoms with Crippen LogP contribution in [0.3, 0.4) is 0 Å². The highest BCUT2D eigenvalue weighted by Gasteiger charge is 2.26. The van der Waals surface area contributed by atoms with Crippen LogP contribution < -0.4 is 4.31 Å². The minimum absolute atomic E-state index is 0.183. The van der Waals surface area contributed by atoms with Crippen molar-refractivity contribution in [3.8, 4) is 0 Å². The Morgan fingerprint density at radius 3 is 2.26 bits per heavy atom. The number of carbonyl (C=O) groups excluding carboxylic acids is 1. The summed E-state index contributed by atoms with van der Waals surface area (Å²) in [7, 11) is -1.78. The molecule has 1 aliphatic rings. The maximum absolute atomic E-state index is 12.5. The molecule has 5 nitrogen and oxygen atoms in total. The predicted octanol–water partition coefficient (Wildman–Crippen LogP) is 2.90. The number of benzene rings is 1. The smallest absolute Gasteiger partial charge is 0.243 e. The quantitative estimate of drug-likeness (QED) is 0.813. The maximum Gasteiger partial charge on any atom is 0.243 e. The van der Waals surface area contributed by atoms with Crippen molar-refractivity contribution in [2.75, 3.05) is 24.2 Å². The Morgan fingerprint density at radius 2 is 1.74 bits per heavy atom. The average molecular weight is 359 g/mol. The zero-order chi connectivity index (χ0) is 17.0. The van der Waals surface area contributed by atoms with Gasteiger partial charge < -0.3 is 4.90 Å². The number of anilines is 1. The molecule has 0 atom stereocenters. The van der Waals surface area contributed by atoms with Gasteiger partial charge in [-0.15, -0.1) is 0 Å². The summed E-state index contributed by atoms with van der Waals surface area (Å²) in [5, 5.41) is 0.521. The normalized spacial score (nSPS) is 16.1. The molecule has 0 N–H and O–H groups in total. The lowest BCUT2D eigenvalue weighted by molar-refractivity contribution is -0.130. The molecule has 1 aliphatic carbocycles. The Bertz CT molecular complexity index is 640. The van der Waals surface area contributed by atoms with Gasteiger partial charge in [0.1, 0.15) is 6.54 Å². The first-order chi connectivity index (χ1) is 10.8. The zero-order valence-electron chi connectivity index (χ0n) is 13.5. The minimum Gasteiger partial charge on any atom is -0.341 e. The summed E-state index contributed by atoms with van der Waals surface area (Å²) in [5.41, 5.74) is 0.447.